The average molecular weight is 652 g/mol. The summed E-state index contributed by atoms with van der Waals surface area (Å²) in [7, 11) is 0. The van der Waals surface area contributed by atoms with Crippen molar-refractivity contribution in [3.05, 3.63) is 176 Å². The highest BCUT2D eigenvalue weighted by Gasteiger charge is 2.20. The molecule has 0 fully saturated rings. The van der Waals surface area contributed by atoms with Gasteiger partial charge in [-0.1, -0.05) is 152 Å². The lowest BCUT2D eigenvalue weighted by molar-refractivity contribution is 0.669. The van der Waals surface area contributed by atoms with Crippen LogP contribution in [0.4, 0.5) is 0 Å². The molecule has 0 atom stereocenters. The highest BCUT2D eigenvalue weighted by atomic mass is 16.3. The van der Waals surface area contributed by atoms with Gasteiger partial charge in [0.05, 0.1) is 0 Å². The van der Waals surface area contributed by atoms with Crippen LogP contribution >= 0.6 is 0 Å². The molecule has 2 heterocycles. The number of furan rings is 1. The summed E-state index contributed by atoms with van der Waals surface area (Å²) in [5.41, 5.74) is 9.10. The van der Waals surface area contributed by atoms with Crippen LogP contribution < -0.4 is 0 Å². The summed E-state index contributed by atoms with van der Waals surface area (Å²) in [6, 6.07) is 61.1. The van der Waals surface area contributed by atoms with E-state index in [1.807, 2.05) is 54.6 Å². The molecule has 0 radical (unpaired) electrons. The number of hydrogen-bond donors (Lipinski definition) is 0. The maximum Gasteiger partial charge on any atom is 0.164 e. The summed E-state index contributed by atoms with van der Waals surface area (Å²) >= 11 is 0. The molecule has 10 aromatic rings. The second-order valence-corrected chi connectivity index (χ2v) is 12.8. The van der Waals surface area contributed by atoms with Crippen molar-refractivity contribution < 1.29 is 4.42 Å². The molecule has 0 aliphatic heterocycles. The van der Waals surface area contributed by atoms with Crippen LogP contribution in [-0.4, -0.2) is 15.0 Å². The molecular formula is C47H29N3O. The van der Waals surface area contributed by atoms with E-state index in [2.05, 4.69) is 121 Å². The Balaban J connectivity index is 1.24. The van der Waals surface area contributed by atoms with Gasteiger partial charge in [-0.25, -0.2) is 15.0 Å². The third-order valence-electron chi connectivity index (χ3n) is 9.71. The van der Waals surface area contributed by atoms with Gasteiger partial charge in [0.25, 0.3) is 0 Å². The molecule has 0 amide bonds. The van der Waals surface area contributed by atoms with E-state index in [9.17, 15) is 0 Å². The van der Waals surface area contributed by atoms with Gasteiger partial charge in [-0.2, -0.15) is 0 Å². The lowest BCUT2D eigenvalue weighted by Gasteiger charge is -2.19. The number of fused-ring (bicyclic) bond motifs is 6. The first-order valence-electron chi connectivity index (χ1n) is 17.1. The van der Waals surface area contributed by atoms with Gasteiger partial charge in [-0.3, -0.25) is 0 Å². The SMILES string of the molecule is c1ccc(-c2nc(-c3ccc4c(c3)oc3ccccc34)nc(-c3ccc4c(c3)c(-c3ccccc3)c(-c3ccccc3)c3ccccc34)n2)cc1. The predicted molar refractivity (Wildman–Crippen MR) is 209 cm³/mol. The molecule has 4 heteroatoms. The second-order valence-electron chi connectivity index (χ2n) is 12.8. The Morgan fingerprint density at radius 1 is 0.275 bits per heavy atom. The van der Waals surface area contributed by atoms with Crippen LogP contribution in [0.5, 0.6) is 0 Å². The van der Waals surface area contributed by atoms with Crippen molar-refractivity contribution in [3.63, 3.8) is 0 Å². The van der Waals surface area contributed by atoms with Crippen molar-refractivity contribution in [2.24, 2.45) is 0 Å². The molecule has 4 nitrogen and oxygen atoms in total. The van der Waals surface area contributed by atoms with Gasteiger partial charge in [0, 0.05) is 27.5 Å². The van der Waals surface area contributed by atoms with E-state index in [1.165, 1.54) is 32.8 Å². The van der Waals surface area contributed by atoms with E-state index in [0.29, 0.717) is 17.5 Å². The monoisotopic (exact) mass is 651 g/mol. The zero-order valence-corrected chi connectivity index (χ0v) is 27.5. The molecule has 238 valence electrons. The van der Waals surface area contributed by atoms with Gasteiger partial charge >= 0.3 is 0 Å². The quantitative estimate of drug-likeness (QED) is 0.174. The molecule has 0 unspecified atom stereocenters. The van der Waals surface area contributed by atoms with Crippen LogP contribution in [0.1, 0.15) is 0 Å². The Labute approximate surface area is 294 Å². The summed E-state index contributed by atoms with van der Waals surface area (Å²) in [6.45, 7) is 0. The van der Waals surface area contributed by atoms with Crippen molar-refractivity contribution in [1.29, 1.82) is 0 Å². The number of benzene rings is 8. The van der Waals surface area contributed by atoms with E-state index in [4.69, 9.17) is 19.4 Å². The van der Waals surface area contributed by atoms with E-state index in [0.717, 1.165) is 49.6 Å². The Morgan fingerprint density at radius 3 is 1.35 bits per heavy atom. The van der Waals surface area contributed by atoms with Crippen LogP contribution in [0.25, 0.3) is 99.9 Å². The highest BCUT2D eigenvalue weighted by Crippen LogP contribution is 2.45. The van der Waals surface area contributed by atoms with E-state index in [-0.39, 0.29) is 0 Å². The minimum Gasteiger partial charge on any atom is -0.456 e. The Kier molecular flexibility index (Phi) is 6.78. The smallest absolute Gasteiger partial charge is 0.164 e. The Hall–Kier alpha value is -6.91. The fourth-order valence-electron chi connectivity index (χ4n) is 7.36. The maximum absolute atomic E-state index is 6.26. The predicted octanol–water partition coefficient (Wildman–Crippen LogP) is 12.4. The molecule has 0 saturated heterocycles. The summed E-state index contributed by atoms with van der Waals surface area (Å²) < 4.78 is 6.26. The largest absolute Gasteiger partial charge is 0.456 e. The lowest BCUT2D eigenvalue weighted by Crippen LogP contribution is -2.00. The molecule has 0 bridgehead atoms. The zero-order chi connectivity index (χ0) is 33.7. The van der Waals surface area contributed by atoms with Crippen LogP contribution in [0, 0.1) is 0 Å². The number of hydrogen-bond acceptors (Lipinski definition) is 4. The highest BCUT2D eigenvalue weighted by molar-refractivity contribution is 6.22. The second kappa shape index (κ2) is 11.9. The summed E-state index contributed by atoms with van der Waals surface area (Å²) in [6.07, 6.45) is 0. The zero-order valence-electron chi connectivity index (χ0n) is 27.5. The Morgan fingerprint density at radius 2 is 0.706 bits per heavy atom. The van der Waals surface area contributed by atoms with E-state index < -0.39 is 0 Å². The summed E-state index contributed by atoms with van der Waals surface area (Å²) in [4.78, 5) is 15.3. The van der Waals surface area contributed by atoms with Gasteiger partial charge in [0.15, 0.2) is 17.5 Å². The number of para-hydroxylation sites is 1. The van der Waals surface area contributed by atoms with Gasteiger partial charge in [0.1, 0.15) is 11.2 Å². The van der Waals surface area contributed by atoms with E-state index >= 15 is 0 Å². The normalized spacial score (nSPS) is 11.5. The van der Waals surface area contributed by atoms with Crippen molar-refractivity contribution in [2.45, 2.75) is 0 Å². The van der Waals surface area contributed by atoms with Crippen molar-refractivity contribution in [2.75, 3.05) is 0 Å². The van der Waals surface area contributed by atoms with Crippen LogP contribution in [0.15, 0.2) is 180 Å². The molecule has 0 aliphatic rings. The van der Waals surface area contributed by atoms with Crippen LogP contribution in [0.2, 0.25) is 0 Å². The van der Waals surface area contributed by atoms with Crippen LogP contribution in [-0.2, 0) is 0 Å². The third-order valence-corrected chi connectivity index (χ3v) is 9.71. The van der Waals surface area contributed by atoms with Gasteiger partial charge in [-0.15, -0.1) is 0 Å². The summed E-state index contributed by atoms with van der Waals surface area (Å²) in [5, 5.41) is 6.91. The number of aromatic nitrogens is 3. The van der Waals surface area contributed by atoms with Gasteiger partial charge in [-0.05, 0) is 68.1 Å². The first kappa shape index (κ1) is 29.0. The topological polar surface area (TPSA) is 51.8 Å². The first-order valence-corrected chi connectivity index (χ1v) is 17.1. The molecule has 0 saturated carbocycles. The molecular weight excluding hydrogens is 623 g/mol. The first-order chi connectivity index (χ1) is 25.3. The number of rotatable bonds is 5. The van der Waals surface area contributed by atoms with Crippen LogP contribution in [0.3, 0.4) is 0 Å². The molecule has 0 spiro atoms. The number of nitrogens with zero attached hydrogens (tertiary/aromatic N) is 3. The molecule has 0 N–H and O–H groups in total. The molecule has 8 aromatic carbocycles. The standard InChI is InChI=1S/C47H29N3O/c1-4-14-30(15-5-1)43-39-22-11-10-20-35(39)36-26-24-33(28-40(36)44(43)31-16-6-2-7-17-31)46-48-45(32-18-8-3-9-19-32)49-47(50-46)34-25-27-38-37-21-12-13-23-41(37)51-42(38)29-34/h1-29H. The van der Waals surface area contributed by atoms with Gasteiger partial charge < -0.3 is 4.42 Å². The van der Waals surface area contributed by atoms with E-state index in [1.54, 1.807) is 0 Å². The van der Waals surface area contributed by atoms with Crippen molar-refractivity contribution in [1.82, 2.24) is 15.0 Å². The fourth-order valence-corrected chi connectivity index (χ4v) is 7.36. The maximum atomic E-state index is 6.26. The summed E-state index contributed by atoms with van der Waals surface area (Å²) in [5.74, 6) is 1.82. The molecule has 51 heavy (non-hydrogen) atoms. The lowest BCUT2D eigenvalue weighted by atomic mass is 9.84. The third kappa shape index (κ3) is 4.96. The minimum atomic E-state index is 0.591. The molecule has 2 aromatic heterocycles. The molecule has 10 rings (SSSR count). The Bertz CT molecular complexity index is 2900. The molecule has 0 aliphatic carbocycles. The average Bonchev–Trinajstić information content (AvgIpc) is 3.59. The van der Waals surface area contributed by atoms with Gasteiger partial charge in [0.2, 0.25) is 0 Å². The minimum absolute atomic E-state index is 0.591. The van der Waals surface area contributed by atoms with Crippen molar-refractivity contribution in [3.8, 4) is 56.4 Å². The fraction of sp³-hybridized carbons (Fsp3) is 0. The van der Waals surface area contributed by atoms with Crippen molar-refractivity contribution >= 4 is 43.5 Å².